The summed E-state index contributed by atoms with van der Waals surface area (Å²) in [6, 6.07) is 6.84. The topological polar surface area (TPSA) is 62.8 Å². The van der Waals surface area contributed by atoms with Gasteiger partial charge in [-0.25, -0.2) is 4.39 Å². The molecule has 116 valence electrons. The zero-order valence-electron chi connectivity index (χ0n) is 12.8. The fourth-order valence-corrected chi connectivity index (χ4v) is 3.68. The Bertz CT molecular complexity index is 690. The molecule has 4 heteroatoms. The molecule has 0 aliphatic heterocycles. The highest BCUT2D eigenvalue weighted by molar-refractivity contribution is 5.82. The lowest BCUT2D eigenvalue weighted by Gasteiger charge is -2.32. The second kappa shape index (κ2) is 6.03. The van der Waals surface area contributed by atoms with Gasteiger partial charge in [0, 0.05) is 17.5 Å². The molecule has 3 rings (SSSR count). The third kappa shape index (κ3) is 2.82. The molecule has 1 saturated carbocycles. The molecule has 1 aromatic heterocycles. The Hall–Kier alpha value is -1.97. The van der Waals surface area contributed by atoms with Crippen molar-refractivity contribution >= 4 is 16.7 Å². The summed E-state index contributed by atoms with van der Waals surface area (Å²) in [7, 11) is 0. The second-order valence-electron chi connectivity index (χ2n) is 6.42. The molecule has 1 aromatic carbocycles. The third-order valence-corrected chi connectivity index (χ3v) is 5.15. The smallest absolute Gasteiger partial charge is 0.123 e. The zero-order chi connectivity index (χ0) is 15.7. The molecule has 0 radical (unpaired) electrons. The van der Waals surface area contributed by atoms with Gasteiger partial charge in [-0.15, -0.1) is 0 Å². The van der Waals surface area contributed by atoms with E-state index in [1.807, 2.05) is 19.2 Å². The Morgan fingerprint density at radius 2 is 2.00 bits per heavy atom. The van der Waals surface area contributed by atoms with E-state index in [9.17, 15) is 4.39 Å². The molecule has 0 saturated heterocycles. The van der Waals surface area contributed by atoms with Crippen molar-refractivity contribution in [2.75, 3.05) is 0 Å². The van der Waals surface area contributed by atoms with Crippen LogP contribution < -0.4 is 5.73 Å². The van der Waals surface area contributed by atoms with Crippen LogP contribution in [0.4, 0.5) is 4.39 Å². The van der Waals surface area contributed by atoms with E-state index >= 15 is 0 Å². The Balaban J connectivity index is 1.82. The van der Waals surface area contributed by atoms with Gasteiger partial charge in [0.1, 0.15) is 5.82 Å². The highest BCUT2D eigenvalue weighted by Gasteiger charge is 2.28. The van der Waals surface area contributed by atoms with E-state index in [2.05, 4.69) is 4.98 Å². The highest BCUT2D eigenvalue weighted by Crippen LogP contribution is 2.40. The Morgan fingerprint density at radius 1 is 1.27 bits per heavy atom. The minimum absolute atomic E-state index is 0.160. The molecule has 1 aliphatic carbocycles. The highest BCUT2D eigenvalue weighted by atomic mass is 19.1. The van der Waals surface area contributed by atoms with Crippen LogP contribution in [-0.2, 0) is 0 Å². The molecule has 3 nitrogen and oxygen atoms in total. The lowest BCUT2D eigenvalue weighted by atomic mass is 9.73. The van der Waals surface area contributed by atoms with Crippen molar-refractivity contribution in [2.24, 2.45) is 17.6 Å². The van der Waals surface area contributed by atoms with Crippen molar-refractivity contribution in [2.45, 2.75) is 38.5 Å². The molecule has 2 aromatic rings. The lowest BCUT2D eigenvalue weighted by molar-refractivity contribution is 0.286. The minimum Gasteiger partial charge on any atom is -0.387 e. The number of nitrogens with two attached hydrogens (primary N) is 1. The molecule has 1 fully saturated rings. The summed E-state index contributed by atoms with van der Waals surface area (Å²) in [5.74, 6) is 1.19. The van der Waals surface area contributed by atoms with Crippen LogP contribution in [0.2, 0.25) is 0 Å². The minimum atomic E-state index is -0.208. The molecule has 22 heavy (non-hydrogen) atoms. The zero-order valence-corrected chi connectivity index (χ0v) is 12.8. The van der Waals surface area contributed by atoms with Crippen LogP contribution in [0.1, 0.15) is 44.1 Å². The molecular weight excluding hydrogens is 277 g/mol. The maximum absolute atomic E-state index is 13.6. The number of nitrogens with one attached hydrogen (secondary N) is 1. The van der Waals surface area contributed by atoms with Crippen LogP contribution in [-0.4, -0.2) is 10.8 Å². The van der Waals surface area contributed by atoms with Gasteiger partial charge in [-0.1, -0.05) is 6.92 Å². The van der Waals surface area contributed by atoms with Crippen molar-refractivity contribution in [3.63, 3.8) is 0 Å². The van der Waals surface area contributed by atoms with E-state index in [1.165, 1.54) is 11.6 Å². The first kappa shape index (κ1) is 14.9. The lowest BCUT2D eigenvalue weighted by Crippen LogP contribution is -2.29. The molecule has 1 unspecified atom stereocenters. The van der Waals surface area contributed by atoms with Crippen molar-refractivity contribution in [3.8, 4) is 0 Å². The predicted molar refractivity (Wildman–Crippen MR) is 87.5 cm³/mol. The molecular formula is C18H22FN3. The Labute approximate surface area is 130 Å². The van der Waals surface area contributed by atoms with Gasteiger partial charge >= 0.3 is 0 Å². The average Bonchev–Trinajstić information content (AvgIpc) is 2.53. The normalized spacial score (nSPS) is 23.4. The van der Waals surface area contributed by atoms with E-state index < -0.39 is 0 Å². The Morgan fingerprint density at radius 3 is 2.68 bits per heavy atom. The maximum Gasteiger partial charge on any atom is 0.123 e. The van der Waals surface area contributed by atoms with Gasteiger partial charge in [0.2, 0.25) is 0 Å². The molecule has 0 amide bonds. The van der Waals surface area contributed by atoms with Gasteiger partial charge in [-0.3, -0.25) is 10.4 Å². The summed E-state index contributed by atoms with van der Waals surface area (Å²) in [4.78, 5) is 4.33. The van der Waals surface area contributed by atoms with Gasteiger partial charge in [0.05, 0.1) is 11.4 Å². The first-order valence-corrected chi connectivity index (χ1v) is 7.94. The maximum atomic E-state index is 13.6. The fraction of sp³-hybridized carbons (Fsp3) is 0.444. The van der Waals surface area contributed by atoms with Gasteiger partial charge < -0.3 is 5.73 Å². The van der Waals surface area contributed by atoms with E-state index in [0.717, 1.165) is 36.6 Å². The van der Waals surface area contributed by atoms with E-state index in [-0.39, 0.29) is 11.7 Å². The molecule has 1 heterocycles. The number of hydrogen-bond acceptors (Lipinski definition) is 2. The van der Waals surface area contributed by atoms with E-state index in [4.69, 9.17) is 11.1 Å². The van der Waals surface area contributed by atoms with Gasteiger partial charge in [-0.05, 0) is 67.3 Å². The van der Waals surface area contributed by atoms with Crippen LogP contribution in [0.25, 0.3) is 10.9 Å². The van der Waals surface area contributed by atoms with Crippen LogP contribution in [0.5, 0.6) is 0 Å². The SMILES string of the molecule is CC(C(=N)N)C1CCC(c2ccnc3ccc(F)cc23)CC1. The fourth-order valence-electron chi connectivity index (χ4n) is 3.68. The number of benzene rings is 1. The van der Waals surface area contributed by atoms with Gasteiger partial charge in [0.25, 0.3) is 0 Å². The molecule has 3 N–H and O–H groups in total. The van der Waals surface area contributed by atoms with E-state index in [0.29, 0.717) is 17.7 Å². The number of rotatable bonds is 3. The van der Waals surface area contributed by atoms with Crippen molar-refractivity contribution < 1.29 is 4.39 Å². The summed E-state index contributed by atoms with van der Waals surface area (Å²) >= 11 is 0. The molecule has 1 atom stereocenters. The largest absolute Gasteiger partial charge is 0.387 e. The molecule has 0 spiro atoms. The first-order chi connectivity index (χ1) is 10.6. The van der Waals surface area contributed by atoms with E-state index in [1.54, 1.807) is 12.1 Å². The van der Waals surface area contributed by atoms with Crippen molar-refractivity contribution in [1.82, 2.24) is 4.98 Å². The summed E-state index contributed by atoms with van der Waals surface area (Å²) in [5.41, 5.74) is 7.70. The standard InChI is InChI=1S/C18H22FN3/c1-11(18(20)21)12-2-4-13(5-3-12)15-8-9-22-17-7-6-14(19)10-16(15)17/h6-13H,2-5H2,1H3,(H3,20,21). The molecule has 1 aliphatic rings. The van der Waals surface area contributed by atoms with Crippen LogP contribution in [0, 0.1) is 23.1 Å². The second-order valence-corrected chi connectivity index (χ2v) is 6.42. The number of pyridine rings is 1. The number of amidine groups is 1. The quantitative estimate of drug-likeness (QED) is 0.658. The van der Waals surface area contributed by atoms with Gasteiger partial charge in [0.15, 0.2) is 0 Å². The summed E-state index contributed by atoms with van der Waals surface area (Å²) in [6.07, 6.45) is 6.10. The summed E-state index contributed by atoms with van der Waals surface area (Å²) in [5, 5.41) is 8.55. The van der Waals surface area contributed by atoms with Gasteiger partial charge in [-0.2, -0.15) is 0 Å². The van der Waals surface area contributed by atoms with Crippen LogP contribution in [0.3, 0.4) is 0 Å². The number of hydrogen-bond donors (Lipinski definition) is 2. The number of nitrogens with zero attached hydrogens (tertiary/aromatic N) is 1. The summed E-state index contributed by atoms with van der Waals surface area (Å²) in [6.45, 7) is 2.05. The van der Waals surface area contributed by atoms with Crippen molar-refractivity contribution in [3.05, 3.63) is 41.8 Å². The summed E-state index contributed by atoms with van der Waals surface area (Å²) < 4.78 is 13.6. The number of halogens is 1. The third-order valence-electron chi connectivity index (χ3n) is 5.15. The average molecular weight is 299 g/mol. The monoisotopic (exact) mass is 299 g/mol. The van der Waals surface area contributed by atoms with Crippen LogP contribution in [0.15, 0.2) is 30.5 Å². The molecule has 0 bridgehead atoms. The first-order valence-electron chi connectivity index (χ1n) is 7.94. The van der Waals surface area contributed by atoms with Crippen LogP contribution >= 0.6 is 0 Å². The van der Waals surface area contributed by atoms with Crippen molar-refractivity contribution in [1.29, 1.82) is 5.41 Å². The Kier molecular flexibility index (Phi) is 4.10. The number of aromatic nitrogens is 1. The number of fused-ring (bicyclic) bond motifs is 1. The predicted octanol–water partition coefficient (Wildman–Crippen LogP) is 4.22.